The average molecular weight is 283 g/mol. The van der Waals surface area contributed by atoms with Crippen molar-refractivity contribution in [3.05, 3.63) is 47.7 Å². The summed E-state index contributed by atoms with van der Waals surface area (Å²) in [4.78, 5) is 15.8. The van der Waals surface area contributed by atoms with E-state index in [2.05, 4.69) is 47.7 Å². The third-order valence-corrected chi connectivity index (χ3v) is 3.18. The van der Waals surface area contributed by atoms with Crippen LogP contribution in [-0.2, 0) is 4.79 Å². The molecule has 0 bridgehead atoms. The van der Waals surface area contributed by atoms with Crippen LogP contribution in [0, 0.1) is 13.8 Å². The van der Waals surface area contributed by atoms with Crippen LogP contribution in [0.2, 0.25) is 0 Å². The lowest BCUT2D eigenvalue weighted by Crippen LogP contribution is -2.10. The smallest absolute Gasteiger partial charge is 0.224 e. The number of anilines is 3. The Labute approximate surface area is 125 Å². The minimum atomic E-state index is 0.0227. The number of aromatic nitrogens is 1. The average Bonchev–Trinajstić information content (AvgIpc) is 2.45. The molecule has 0 aliphatic rings. The molecule has 0 radical (unpaired) electrons. The number of nitrogens with zero attached hydrogens (tertiary/aromatic N) is 1. The fraction of sp³-hybridized carbons (Fsp3) is 0.294. The fourth-order valence-electron chi connectivity index (χ4n) is 2.00. The molecule has 0 aliphatic heterocycles. The van der Waals surface area contributed by atoms with Gasteiger partial charge in [-0.15, -0.1) is 0 Å². The van der Waals surface area contributed by atoms with Crippen molar-refractivity contribution in [1.29, 1.82) is 0 Å². The van der Waals surface area contributed by atoms with Gasteiger partial charge >= 0.3 is 0 Å². The van der Waals surface area contributed by atoms with E-state index < -0.39 is 0 Å². The van der Waals surface area contributed by atoms with Crippen molar-refractivity contribution in [2.75, 3.05) is 10.6 Å². The number of carbonyl (C=O) groups is 1. The zero-order valence-electron chi connectivity index (χ0n) is 12.7. The lowest BCUT2D eigenvalue weighted by atomic mass is 10.1. The van der Waals surface area contributed by atoms with Crippen LogP contribution in [-0.4, -0.2) is 10.9 Å². The molecule has 2 rings (SSSR count). The topological polar surface area (TPSA) is 54.0 Å². The van der Waals surface area contributed by atoms with Gasteiger partial charge in [0, 0.05) is 12.1 Å². The lowest BCUT2D eigenvalue weighted by Gasteiger charge is -2.10. The molecule has 0 saturated carbocycles. The number of benzene rings is 1. The highest BCUT2D eigenvalue weighted by Gasteiger charge is 2.03. The van der Waals surface area contributed by atoms with Gasteiger partial charge in [0.15, 0.2) is 0 Å². The number of amides is 1. The van der Waals surface area contributed by atoms with Gasteiger partial charge in [-0.25, -0.2) is 4.98 Å². The van der Waals surface area contributed by atoms with E-state index in [1.165, 1.54) is 11.1 Å². The second-order valence-corrected chi connectivity index (χ2v) is 5.17. The number of rotatable bonds is 5. The SMILES string of the molecule is CCCC(=O)Nc1ccc(Nc2cc(C)ccc2C)nc1. The molecule has 1 aromatic heterocycles. The molecule has 0 aliphatic carbocycles. The van der Waals surface area contributed by atoms with Gasteiger partial charge in [0.2, 0.25) is 5.91 Å². The Kier molecular flexibility index (Phi) is 4.93. The summed E-state index contributed by atoms with van der Waals surface area (Å²) in [6.07, 6.45) is 3.04. The van der Waals surface area contributed by atoms with Crippen molar-refractivity contribution >= 4 is 23.1 Å². The third kappa shape index (κ3) is 4.31. The Morgan fingerprint density at radius 3 is 2.67 bits per heavy atom. The third-order valence-electron chi connectivity index (χ3n) is 3.18. The molecule has 21 heavy (non-hydrogen) atoms. The second-order valence-electron chi connectivity index (χ2n) is 5.17. The maximum atomic E-state index is 11.5. The molecule has 0 spiro atoms. The molecule has 0 saturated heterocycles. The second kappa shape index (κ2) is 6.88. The van der Waals surface area contributed by atoms with Crippen LogP contribution in [0.3, 0.4) is 0 Å². The predicted octanol–water partition coefficient (Wildman–Crippen LogP) is 4.18. The predicted molar refractivity (Wildman–Crippen MR) is 87.0 cm³/mol. The minimum Gasteiger partial charge on any atom is -0.340 e. The Morgan fingerprint density at radius 1 is 1.19 bits per heavy atom. The lowest BCUT2D eigenvalue weighted by molar-refractivity contribution is -0.116. The molecule has 0 atom stereocenters. The number of nitrogens with one attached hydrogen (secondary N) is 2. The van der Waals surface area contributed by atoms with Crippen molar-refractivity contribution in [3.8, 4) is 0 Å². The zero-order chi connectivity index (χ0) is 15.2. The Bertz CT molecular complexity index is 620. The molecule has 0 unspecified atom stereocenters. The summed E-state index contributed by atoms with van der Waals surface area (Å²) in [6.45, 7) is 6.10. The van der Waals surface area contributed by atoms with Crippen LogP contribution in [0.25, 0.3) is 0 Å². The van der Waals surface area contributed by atoms with E-state index in [0.29, 0.717) is 6.42 Å². The van der Waals surface area contributed by atoms with Crippen molar-refractivity contribution in [1.82, 2.24) is 4.98 Å². The maximum absolute atomic E-state index is 11.5. The number of hydrogen-bond donors (Lipinski definition) is 2. The molecule has 2 N–H and O–H groups in total. The summed E-state index contributed by atoms with van der Waals surface area (Å²) in [5, 5.41) is 6.12. The van der Waals surface area contributed by atoms with Gasteiger partial charge in [0.1, 0.15) is 5.82 Å². The quantitative estimate of drug-likeness (QED) is 0.865. The van der Waals surface area contributed by atoms with Gasteiger partial charge in [0.25, 0.3) is 0 Å². The number of hydrogen-bond acceptors (Lipinski definition) is 3. The molecular weight excluding hydrogens is 262 g/mol. The van der Waals surface area contributed by atoms with Crippen molar-refractivity contribution in [3.63, 3.8) is 0 Å². The van der Waals surface area contributed by atoms with E-state index in [1.54, 1.807) is 6.20 Å². The summed E-state index contributed by atoms with van der Waals surface area (Å²) in [5.41, 5.74) is 4.14. The van der Waals surface area contributed by atoms with E-state index in [0.717, 1.165) is 23.6 Å². The van der Waals surface area contributed by atoms with Crippen LogP contribution in [0.4, 0.5) is 17.2 Å². The highest BCUT2D eigenvalue weighted by molar-refractivity contribution is 5.90. The van der Waals surface area contributed by atoms with Gasteiger partial charge in [-0.05, 0) is 49.6 Å². The monoisotopic (exact) mass is 283 g/mol. The Hall–Kier alpha value is -2.36. The van der Waals surface area contributed by atoms with Gasteiger partial charge in [-0.2, -0.15) is 0 Å². The normalized spacial score (nSPS) is 10.2. The zero-order valence-corrected chi connectivity index (χ0v) is 12.7. The molecule has 4 nitrogen and oxygen atoms in total. The molecule has 1 heterocycles. The standard InChI is InChI=1S/C17H21N3O/c1-4-5-17(21)19-14-8-9-16(18-11-14)20-15-10-12(2)6-7-13(15)3/h6-11H,4-5H2,1-3H3,(H,18,20)(H,19,21). The van der Waals surface area contributed by atoms with Crippen molar-refractivity contribution in [2.24, 2.45) is 0 Å². The largest absolute Gasteiger partial charge is 0.340 e. The molecule has 1 amide bonds. The Balaban J connectivity index is 2.05. The Morgan fingerprint density at radius 2 is 2.00 bits per heavy atom. The van der Waals surface area contributed by atoms with Crippen molar-refractivity contribution in [2.45, 2.75) is 33.6 Å². The first kappa shape index (κ1) is 15.0. The maximum Gasteiger partial charge on any atom is 0.224 e. The molecule has 0 fully saturated rings. The van der Waals surface area contributed by atoms with Gasteiger partial charge in [-0.1, -0.05) is 19.1 Å². The summed E-state index contributed by atoms with van der Waals surface area (Å²) >= 11 is 0. The van der Waals surface area contributed by atoms with Gasteiger partial charge in [-0.3, -0.25) is 4.79 Å². The molecular formula is C17H21N3O. The van der Waals surface area contributed by atoms with Gasteiger partial charge in [0.05, 0.1) is 11.9 Å². The summed E-state index contributed by atoms with van der Waals surface area (Å²) < 4.78 is 0. The highest BCUT2D eigenvalue weighted by Crippen LogP contribution is 2.21. The number of pyridine rings is 1. The molecule has 2 aromatic rings. The van der Waals surface area contributed by atoms with Crippen LogP contribution in [0.15, 0.2) is 36.5 Å². The minimum absolute atomic E-state index is 0.0227. The van der Waals surface area contributed by atoms with E-state index >= 15 is 0 Å². The fourth-order valence-corrected chi connectivity index (χ4v) is 2.00. The molecule has 4 heteroatoms. The van der Waals surface area contributed by atoms with Crippen LogP contribution in [0.5, 0.6) is 0 Å². The summed E-state index contributed by atoms with van der Waals surface area (Å²) in [6, 6.07) is 9.97. The van der Waals surface area contributed by atoms with E-state index in [4.69, 9.17) is 0 Å². The van der Waals surface area contributed by atoms with Gasteiger partial charge < -0.3 is 10.6 Å². The van der Waals surface area contributed by atoms with Crippen molar-refractivity contribution < 1.29 is 4.79 Å². The summed E-state index contributed by atoms with van der Waals surface area (Å²) in [7, 11) is 0. The first-order valence-corrected chi connectivity index (χ1v) is 7.18. The van der Waals surface area contributed by atoms with Crippen LogP contribution < -0.4 is 10.6 Å². The first-order chi connectivity index (χ1) is 10.1. The summed E-state index contributed by atoms with van der Waals surface area (Å²) in [5.74, 6) is 0.784. The van der Waals surface area contributed by atoms with E-state index in [9.17, 15) is 4.79 Å². The van der Waals surface area contributed by atoms with E-state index in [-0.39, 0.29) is 5.91 Å². The molecule has 110 valence electrons. The number of aryl methyl sites for hydroxylation is 2. The number of carbonyl (C=O) groups excluding carboxylic acids is 1. The molecule has 1 aromatic carbocycles. The van der Waals surface area contributed by atoms with Crippen LogP contribution in [0.1, 0.15) is 30.9 Å². The highest BCUT2D eigenvalue weighted by atomic mass is 16.1. The van der Waals surface area contributed by atoms with E-state index in [1.807, 2.05) is 19.1 Å². The first-order valence-electron chi connectivity index (χ1n) is 7.18. The van der Waals surface area contributed by atoms with Crippen LogP contribution >= 0.6 is 0 Å².